The quantitative estimate of drug-likeness (QED) is 0.178. The fraction of sp³-hybridized carbons (Fsp3) is 0.231. The molecule has 0 saturated heterocycles. The van der Waals surface area contributed by atoms with Gasteiger partial charge in [-0.25, -0.2) is 19.6 Å². The van der Waals surface area contributed by atoms with E-state index in [1.165, 1.54) is 0 Å². The monoisotopic (exact) mass is 633 g/mol. The highest BCUT2D eigenvalue weighted by Crippen LogP contribution is 2.28. The molecule has 188 valence electrons. The fourth-order valence-corrected chi connectivity index (χ4v) is 4.81. The van der Waals surface area contributed by atoms with Crippen LogP contribution in [0.4, 0.5) is 5.69 Å². The number of hydrogen-bond acceptors (Lipinski definition) is 8. The van der Waals surface area contributed by atoms with Gasteiger partial charge >= 0.3 is 11.9 Å². The van der Waals surface area contributed by atoms with E-state index in [0.717, 1.165) is 35.9 Å². The second kappa shape index (κ2) is 13.0. The van der Waals surface area contributed by atoms with E-state index in [4.69, 9.17) is 15.2 Å². The number of fused-ring (bicyclic) bond motifs is 2. The maximum Gasteiger partial charge on any atom is 0.359 e. The van der Waals surface area contributed by atoms with Gasteiger partial charge in [-0.1, -0.05) is 38.8 Å². The molecule has 0 aliphatic rings. The van der Waals surface area contributed by atoms with Crippen LogP contribution in [0.15, 0.2) is 62.4 Å². The van der Waals surface area contributed by atoms with Crippen molar-refractivity contribution in [2.75, 3.05) is 24.7 Å². The molecule has 36 heavy (non-hydrogen) atoms. The summed E-state index contributed by atoms with van der Waals surface area (Å²) in [4.78, 5) is 33.1. The Kier molecular flexibility index (Phi) is 10.1. The highest BCUT2D eigenvalue weighted by molar-refractivity contribution is 9.10. The molecule has 7 nitrogen and oxygen atoms in total. The average molecular weight is 635 g/mol. The molecule has 4 aromatic rings. The molecule has 2 aromatic carbocycles. The van der Waals surface area contributed by atoms with Crippen LogP contribution in [0.2, 0.25) is 0 Å². The number of nitrogen functional groups attached to an aromatic ring is 1. The minimum atomic E-state index is -0.491. The lowest BCUT2D eigenvalue weighted by atomic mass is 10.2. The molecule has 4 rings (SSSR count). The van der Waals surface area contributed by atoms with Gasteiger partial charge in [0.1, 0.15) is 0 Å². The molecule has 2 N–H and O–H groups in total. The zero-order valence-corrected chi connectivity index (χ0v) is 24.0. The molecule has 10 heteroatoms. The van der Waals surface area contributed by atoms with E-state index in [-0.39, 0.29) is 11.7 Å². The molecule has 0 spiro atoms. The second-order valence-corrected chi connectivity index (χ2v) is 10.4. The van der Waals surface area contributed by atoms with Crippen molar-refractivity contribution in [2.24, 2.45) is 0 Å². The van der Waals surface area contributed by atoms with Crippen LogP contribution in [0.1, 0.15) is 41.7 Å². The van der Waals surface area contributed by atoms with Crippen LogP contribution >= 0.6 is 43.6 Å². The molecule has 0 bridgehead atoms. The number of aromatic nitrogens is 2. The third-order valence-electron chi connectivity index (χ3n) is 4.79. The van der Waals surface area contributed by atoms with Crippen molar-refractivity contribution in [3.8, 4) is 0 Å². The number of carbonyl (C=O) groups excluding carboxylic acids is 2. The Balaban J connectivity index is 0.000000202. The number of anilines is 1. The molecule has 2 heterocycles. The first-order valence-corrected chi connectivity index (χ1v) is 13.8. The van der Waals surface area contributed by atoms with E-state index >= 15 is 0 Å². The molecule has 2 aromatic heterocycles. The van der Waals surface area contributed by atoms with Crippen molar-refractivity contribution in [3.05, 3.63) is 68.9 Å². The second-order valence-electron chi connectivity index (χ2n) is 7.31. The molecule has 0 radical (unpaired) electrons. The summed E-state index contributed by atoms with van der Waals surface area (Å²) in [5.74, 6) is 0.0335. The lowest BCUT2D eigenvalue weighted by Gasteiger charge is -2.09. The number of nitrogens with two attached hydrogens (primary N) is 1. The lowest BCUT2D eigenvalue weighted by Crippen LogP contribution is -2.10. The highest BCUT2D eigenvalue weighted by atomic mass is 79.9. The number of hydrogen-bond donors (Lipinski definition) is 1. The van der Waals surface area contributed by atoms with Gasteiger partial charge in [-0.3, -0.25) is 0 Å². The zero-order valence-electron chi connectivity index (χ0n) is 20.0. The Morgan fingerprint density at radius 1 is 0.806 bits per heavy atom. The summed E-state index contributed by atoms with van der Waals surface area (Å²) in [5.41, 5.74) is 8.20. The molecule has 0 atom stereocenters. The fourth-order valence-electron chi connectivity index (χ4n) is 3.27. The van der Waals surface area contributed by atoms with Crippen LogP contribution in [-0.2, 0) is 9.47 Å². The van der Waals surface area contributed by atoms with Crippen molar-refractivity contribution in [3.63, 3.8) is 0 Å². The van der Waals surface area contributed by atoms with Crippen LogP contribution in [0, 0.1) is 0 Å². The van der Waals surface area contributed by atoms with Crippen LogP contribution < -0.4 is 5.73 Å². The molecular formula is C26H25Br2N3O4S. The van der Waals surface area contributed by atoms with Crippen molar-refractivity contribution in [1.82, 2.24) is 9.97 Å². The number of esters is 2. The molecule has 0 aliphatic heterocycles. The van der Waals surface area contributed by atoms with Crippen molar-refractivity contribution in [1.29, 1.82) is 0 Å². The van der Waals surface area contributed by atoms with Gasteiger partial charge < -0.3 is 15.2 Å². The lowest BCUT2D eigenvalue weighted by molar-refractivity contribution is 0.0508. The number of benzene rings is 2. The maximum atomic E-state index is 11.9. The first-order valence-electron chi connectivity index (χ1n) is 11.2. The van der Waals surface area contributed by atoms with Gasteiger partial charge in [-0.2, -0.15) is 0 Å². The van der Waals surface area contributed by atoms with Crippen molar-refractivity contribution < 1.29 is 19.1 Å². The summed E-state index contributed by atoms with van der Waals surface area (Å²) in [7, 11) is 0. The minimum Gasteiger partial charge on any atom is -0.461 e. The Labute approximate surface area is 230 Å². The number of thioether (sulfide) groups is 1. The van der Waals surface area contributed by atoms with Gasteiger partial charge in [0.15, 0.2) is 11.4 Å². The predicted octanol–water partition coefficient (Wildman–Crippen LogP) is 7.04. The number of carbonyl (C=O) groups is 2. The van der Waals surface area contributed by atoms with Crippen LogP contribution in [0.3, 0.4) is 0 Å². The van der Waals surface area contributed by atoms with Crippen molar-refractivity contribution >= 4 is 83.1 Å². The number of halogens is 2. The van der Waals surface area contributed by atoms with Gasteiger partial charge in [0, 0.05) is 24.6 Å². The Hall–Kier alpha value is -2.69. The summed E-state index contributed by atoms with van der Waals surface area (Å²) >= 11 is 8.41. The van der Waals surface area contributed by atoms with Crippen LogP contribution in [0.5, 0.6) is 0 Å². The summed E-state index contributed by atoms with van der Waals surface area (Å²) in [6.07, 6.45) is 0. The summed E-state index contributed by atoms with van der Waals surface area (Å²) in [6.45, 7) is 6.24. The van der Waals surface area contributed by atoms with Crippen LogP contribution in [-0.4, -0.2) is 40.9 Å². The molecular weight excluding hydrogens is 610 g/mol. The van der Waals surface area contributed by atoms with Gasteiger partial charge in [-0.05, 0) is 68.1 Å². The maximum absolute atomic E-state index is 11.9. The largest absolute Gasteiger partial charge is 0.461 e. The van der Waals surface area contributed by atoms with E-state index in [9.17, 15) is 9.59 Å². The summed E-state index contributed by atoms with van der Waals surface area (Å²) in [6, 6.07) is 15.1. The SMILES string of the molecule is CCOC(=O)c1nc2ccc(Br)cc2cc1N.CCOC(=O)c1nc2ccc(Br)cc2cc1SCC. The first-order chi connectivity index (χ1) is 17.3. The number of pyridine rings is 2. The third-order valence-corrected chi connectivity index (χ3v) is 6.68. The zero-order chi connectivity index (χ0) is 26.2. The van der Waals surface area contributed by atoms with Gasteiger partial charge in [-0.15, -0.1) is 11.8 Å². The topological polar surface area (TPSA) is 104 Å². The van der Waals surface area contributed by atoms with E-state index in [1.807, 2.05) is 49.4 Å². The van der Waals surface area contributed by atoms with Crippen LogP contribution in [0.25, 0.3) is 21.8 Å². The number of ether oxygens (including phenoxy) is 2. The average Bonchev–Trinajstić information content (AvgIpc) is 2.84. The number of rotatable bonds is 6. The standard InChI is InChI=1S/C14H14BrNO2S.C12H11BrN2O2/c1-3-18-14(17)13-12(19-4-2)8-9-7-10(15)5-6-11(9)16-13;1-2-17-12(16)11-9(14)6-7-5-8(13)3-4-10(7)15-11/h5-8H,3-4H2,1-2H3;3-6H,2,14H2,1H3. The van der Waals surface area contributed by atoms with Crippen molar-refractivity contribution in [2.45, 2.75) is 25.7 Å². The van der Waals surface area contributed by atoms with Gasteiger partial charge in [0.05, 0.1) is 29.9 Å². The highest BCUT2D eigenvalue weighted by Gasteiger charge is 2.16. The van der Waals surface area contributed by atoms with E-state index in [2.05, 4.69) is 41.8 Å². The third kappa shape index (κ3) is 6.96. The van der Waals surface area contributed by atoms with E-state index in [1.54, 1.807) is 31.7 Å². The van der Waals surface area contributed by atoms with Gasteiger partial charge in [0.25, 0.3) is 0 Å². The Morgan fingerprint density at radius 3 is 1.83 bits per heavy atom. The summed E-state index contributed by atoms with van der Waals surface area (Å²) < 4.78 is 11.9. The normalized spacial score (nSPS) is 10.6. The minimum absolute atomic E-state index is 0.168. The summed E-state index contributed by atoms with van der Waals surface area (Å²) in [5, 5.41) is 1.89. The Bertz CT molecular complexity index is 1420. The molecule has 0 saturated carbocycles. The first kappa shape index (κ1) is 27.9. The van der Waals surface area contributed by atoms with Gasteiger partial charge in [0.2, 0.25) is 0 Å². The van der Waals surface area contributed by atoms with E-state index < -0.39 is 5.97 Å². The Morgan fingerprint density at radius 2 is 1.31 bits per heavy atom. The molecule has 0 aliphatic carbocycles. The van der Waals surface area contributed by atoms with E-state index in [0.29, 0.717) is 30.1 Å². The number of nitrogens with zero attached hydrogens (tertiary/aromatic N) is 2. The predicted molar refractivity (Wildman–Crippen MR) is 152 cm³/mol. The molecule has 0 unspecified atom stereocenters. The molecule has 0 fully saturated rings. The smallest absolute Gasteiger partial charge is 0.359 e. The molecule has 0 amide bonds.